The van der Waals surface area contributed by atoms with Gasteiger partial charge in [-0.25, -0.2) is 4.98 Å². The summed E-state index contributed by atoms with van der Waals surface area (Å²) in [5, 5.41) is 2.56. The maximum Gasteiger partial charge on any atom is 0.262 e. The molecule has 1 fully saturated rings. The summed E-state index contributed by atoms with van der Waals surface area (Å²) >= 11 is 1.45. The van der Waals surface area contributed by atoms with E-state index in [1.165, 1.54) is 22.2 Å². The lowest BCUT2D eigenvalue weighted by molar-refractivity contribution is -0.135. The zero-order valence-electron chi connectivity index (χ0n) is 16.8. The van der Waals surface area contributed by atoms with E-state index in [9.17, 15) is 14.4 Å². The number of aryl methyl sites for hydroxylation is 2. The first-order valence-corrected chi connectivity index (χ1v) is 10.9. The van der Waals surface area contributed by atoms with Crippen LogP contribution in [0.1, 0.15) is 24.8 Å². The third kappa shape index (κ3) is 4.00. The normalized spacial score (nSPS) is 14.9. The van der Waals surface area contributed by atoms with Gasteiger partial charge in [-0.05, 0) is 25.3 Å². The second-order valence-corrected chi connectivity index (χ2v) is 8.60. The quantitative estimate of drug-likeness (QED) is 0.680. The number of primary amides is 1. The van der Waals surface area contributed by atoms with Gasteiger partial charge < -0.3 is 10.6 Å². The molecule has 1 aliphatic rings. The van der Waals surface area contributed by atoms with Gasteiger partial charge in [0.2, 0.25) is 11.8 Å². The smallest absolute Gasteiger partial charge is 0.262 e. The molecule has 0 atom stereocenters. The van der Waals surface area contributed by atoms with Crippen molar-refractivity contribution in [3.63, 3.8) is 0 Å². The zero-order valence-corrected chi connectivity index (χ0v) is 17.7. The fraction of sp³-hybridized carbons (Fsp3) is 0.364. The molecular weight excluding hydrogens is 400 g/mol. The summed E-state index contributed by atoms with van der Waals surface area (Å²) in [5.41, 5.74) is 8.24. The molecule has 1 aromatic carbocycles. The maximum atomic E-state index is 13.1. The van der Waals surface area contributed by atoms with Crippen LogP contribution < -0.4 is 11.3 Å². The van der Waals surface area contributed by atoms with Crippen molar-refractivity contribution in [1.82, 2.24) is 14.5 Å². The molecule has 0 unspecified atom stereocenters. The third-order valence-electron chi connectivity index (χ3n) is 5.74. The molecule has 2 aromatic heterocycles. The van der Waals surface area contributed by atoms with E-state index in [0.29, 0.717) is 36.1 Å². The predicted molar refractivity (Wildman–Crippen MR) is 117 cm³/mol. The fourth-order valence-corrected chi connectivity index (χ4v) is 4.77. The Morgan fingerprint density at radius 3 is 2.57 bits per heavy atom. The molecule has 0 saturated carbocycles. The summed E-state index contributed by atoms with van der Waals surface area (Å²) in [6.07, 6.45) is 2.94. The molecular formula is C22H24N4O3S. The molecule has 1 aliphatic heterocycles. The van der Waals surface area contributed by atoms with E-state index in [-0.39, 0.29) is 36.3 Å². The number of carbonyl (C=O) groups is 2. The number of hydrogen-bond acceptors (Lipinski definition) is 5. The average Bonchev–Trinajstić information content (AvgIpc) is 3.18. The van der Waals surface area contributed by atoms with Crippen LogP contribution >= 0.6 is 11.3 Å². The first kappa shape index (κ1) is 20.3. The summed E-state index contributed by atoms with van der Waals surface area (Å²) in [6.45, 7) is 3.36. The van der Waals surface area contributed by atoms with Crippen LogP contribution in [0.5, 0.6) is 0 Å². The second-order valence-electron chi connectivity index (χ2n) is 7.75. The number of hydrogen-bond donors (Lipinski definition) is 1. The van der Waals surface area contributed by atoms with E-state index in [4.69, 9.17) is 5.73 Å². The topological polar surface area (TPSA) is 98.3 Å². The SMILES string of the molecule is Cc1ccc(-c2csc3ncn(CCC(=O)N4CCC(C(N)=O)CC4)c(=O)c23)cc1. The Labute approximate surface area is 178 Å². The van der Waals surface area contributed by atoms with Crippen molar-refractivity contribution in [2.75, 3.05) is 13.1 Å². The lowest BCUT2D eigenvalue weighted by atomic mass is 9.96. The molecule has 3 heterocycles. The maximum absolute atomic E-state index is 13.1. The van der Waals surface area contributed by atoms with Crippen molar-refractivity contribution in [1.29, 1.82) is 0 Å². The third-order valence-corrected chi connectivity index (χ3v) is 6.63. The van der Waals surface area contributed by atoms with E-state index in [0.717, 1.165) is 16.7 Å². The van der Waals surface area contributed by atoms with Gasteiger partial charge in [0.25, 0.3) is 5.56 Å². The standard InChI is InChI=1S/C22H24N4O3S/c1-14-2-4-15(5-3-14)17-12-30-21-19(17)22(29)26(13-24-21)11-8-18(27)25-9-6-16(7-10-25)20(23)28/h2-5,12-13,16H,6-11H2,1H3,(H2,23,28). The number of nitrogens with zero attached hydrogens (tertiary/aromatic N) is 3. The van der Waals surface area contributed by atoms with Gasteiger partial charge in [-0.3, -0.25) is 19.0 Å². The number of amides is 2. The van der Waals surface area contributed by atoms with Crippen LogP contribution in [-0.2, 0) is 16.1 Å². The lowest BCUT2D eigenvalue weighted by Crippen LogP contribution is -2.42. The molecule has 0 aliphatic carbocycles. The number of aromatic nitrogens is 2. The highest BCUT2D eigenvalue weighted by atomic mass is 32.1. The predicted octanol–water partition coefficient (Wildman–Crippen LogP) is 2.55. The van der Waals surface area contributed by atoms with E-state index >= 15 is 0 Å². The largest absolute Gasteiger partial charge is 0.369 e. The van der Waals surface area contributed by atoms with Gasteiger partial charge in [0.1, 0.15) is 4.83 Å². The molecule has 156 valence electrons. The van der Waals surface area contributed by atoms with Gasteiger partial charge in [0.15, 0.2) is 0 Å². The van der Waals surface area contributed by atoms with Gasteiger partial charge in [0.05, 0.1) is 11.7 Å². The number of rotatable bonds is 5. The number of piperidine rings is 1. The van der Waals surface area contributed by atoms with Gasteiger partial charge in [0, 0.05) is 42.9 Å². The molecule has 0 spiro atoms. The molecule has 8 heteroatoms. The number of fused-ring (bicyclic) bond motifs is 1. The highest BCUT2D eigenvalue weighted by molar-refractivity contribution is 7.17. The van der Waals surface area contributed by atoms with Crippen molar-refractivity contribution in [2.45, 2.75) is 32.7 Å². The Bertz CT molecular complexity index is 1140. The molecule has 4 rings (SSSR count). The average molecular weight is 425 g/mol. The monoisotopic (exact) mass is 424 g/mol. The first-order valence-electron chi connectivity index (χ1n) is 10.0. The van der Waals surface area contributed by atoms with Crippen LogP contribution in [0.4, 0.5) is 0 Å². The molecule has 1 saturated heterocycles. The summed E-state index contributed by atoms with van der Waals surface area (Å²) < 4.78 is 1.51. The minimum absolute atomic E-state index is 0.0194. The minimum Gasteiger partial charge on any atom is -0.369 e. The molecule has 7 nitrogen and oxygen atoms in total. The van der Waals surface area contributed by atoms with E-state index in [1.54, 1.807) is 4.90 Å². The van der Waals surface area contributed by atoms with Crippen LogP contribution in [0.3, 0.4) is 0 Å². The highest BCUT2D eigenvalue weighted by Crippen LogP contribution is 2.30. The number of likely N-dealkylation sites (tertiary alicyclic amines) is 1. The Morgan fingerprint density at radius 2 is 1.90 bits per heavy atom. The lowest BCUT2D eigenvalue weighted by Gasteiger charge is -2.30. The van der Waals surface area contributed by atoms with Gasteiger partial charge >= 0.3 is 0 Å². The number of thiophene rings is 1. The Morgan fingerprint density at radius 1 is 1.20 bits per heavy atom. The van der Waals surface area contributed by atoms with E-state index < -0.39 is 0 Å². The van der Waals surface area contributed by atoms with E-state index in [2.05, 4.69) is 4.98 Å². The molecule has 30 heavy (non-hydrogen) atoms. The highest BCUT2D eigenvalue weighted by Gasteiger charge is 2.25. The van der Waals surface area contributed by atoms with Crippen LogP contribution in [-0.4, -0.2) is 39.4 Å². The summed E-state index contributed by atoms with van der Waals surface area (Å²) in [4.78, 5) is 43.8. The van der Waals surface area contributed by atoms with E-state index in [1.807, 2.05) is 36.6 Å². The Balaban J connectivity index is 1.50. The fourth-order valence-electron chi connectivity index (χ4n) is 3.86. The number of benzene rings is 1. The van der Waals surface area contributed by atoms with Crippen molar-refractivity contribution in [3.8, 4) is 11.1 Å². The number of nitrogens with two attached hydrogens (primary N) is 1. The van der Waals surface area contributed by atoms with Gasteiger partial charge in [-0.15, -0.1) is 11.3 Å². The Hall–Kier alpha value is -3.00. The van der Waals surface area contributed by atoms with Crippen LogP contribution in [0.2, 0.25) is 0 Å². The van der Waals surface area contributed by atoms with Crippen LogP contribution in [0, 0.1) is 12.8 Å². The molecule has 2 amide bonds. The van der Waals surface area contributed by atoms with Crippen molar-refractivity contribution >= 4 is 33.4 Å². The van der Waals surface area contributed by atoms with Gasteiger partial charge in [-0.2, -0.15) is 0 Å². The summed E-state index contributed by atoms with van der Waals surface area (Å²) in [6, 6.07) is 8.06. The Kier molecular flexibility index (Phi) is 5.67. The molecule has 0 bridgehead atoms. The molecule has 0 radical (unpaired) electrons. The minimum atomic E-state index is -0.298. The first-order chi connectivity index (χ1) is 14.4. The second kappa shape index (κ2) is 8.39. The van der Waals surface area contributed by atoms with Crippen LogP contribution in [0.25, 0.3) is 21.3 Å². The van der Waals surface area contributed by atoms with Crippen molar-refractivity contribution in [3.05, 3.63) is 51.9 Å². The van der Waals surface area contributed by atoms with Gasteiger partial charge in [-0.1, -0.05) is 29.8 Å². The summed E-state index contributed by atoms with van der Waals surface area (Å²) in [5.74, 6) is -0.468. The van der Waals surface area contributed by atoms with Crippen LogP contribution in [0.15, 0.2) is 40.8 Å². The molecule has 2 N–H and O–H groups in total. The zero-order chi connectivity index (χ0) is 21.3. The number of carbonyl (C=O) groups excluding carboxylic acids is 2. The van der Waals surface area contributed by atoms with Crippen molar-refractivity contribution < 1.29 is 9.59 Å². The summed E-state index contributed by atoms with van der Waals surface area (Å²) in [7, 11) is 0. The molecule has 3 aromatic rings. The van der Waals surface area contributed by atoms with Crippen molar-refractivity contribution in [2.24, 2.45) is 11.7 Å².